The first-order valence-corrected chi connectivity index (χ1v) is 5.87. The van der Waals surface area contributed by atoms with Crippen LogP contribution in [0.25, 0.3) is 0 Å². The van der Waals surface area contributed by atoms with Crippen LogP contribution in [0.1, 0.15) is 25.3 Å². The molecule has 17 heavy (non-hydrogen) atoms. The van der Waals surface area contributed by atoms with E-state index in [0.29, 0.717) is 17.6 Å². The molecule has 0 heterocycles. The fourth-order valence-corrected chi connectivity index (χ4v) is 2.28. The first-order valence-electron chi connectivity index (χ1n) is 5.49. The quantitative estimate of drug-likeness (QED) is 0.824. The second kappa shape index (κ2) is 4.41. The standard InChI is InChI=1S/C12H13ClF3N/c1-7-4-9(5-7)17-11-3-2-8(6-10(11)13)12(14,15)16/h2-3,6-7,9,17H,4-5H2,1H3. The van der Waals surface area contributed by atoms with E-state index in [-0.39, 0.29) is 5.02 Å². The van der Waals surface area contributed by atoms with Crippen LogP contribution in [0, 0.1) is 5.92 Å². The highest BCUT2D eigenvalue weighted by atomic mass is 35.5. The third-order valence-corrected chi connectivity index (χ3v) is 3.34. The molecule has 94 valence electrons. The number of nitrogens with one attached hydrogen (secondary N) is 1. The third kappa shape index (κ3) is 2.86. The molecule has 0 saturated heterocycles. The molecule has 2 rings (SSSR count). The molecule has 0 bridgehead atoms. The number of hydrogen-bond acceptors (Lipinski definition) is 1. The van der Waals surface area contributed by atoms with Crippen LogP contribution in [-0.2, 0) is 6.18 Å². The van der Waals surface area contributed by atoms with E-state index >= 15 is 0 Å². The molecule has 0 amide bonds. The van der Waals surface area contributed by atoms with Gasteiger partial charge in [0.05, 0.1) is 16.3 Å². The summed E-state index contributed by atoms with van der Waals surface area (Å²) in [7, 11) is 0. The number of anilines is 1. The average Bonchev–Trinajstić information content (AvgIpc) is 2.16. The van der Waals surface area contributed by atoms with Gasteiger partial charge < -0.3 is 5.32 Å². The molecule has 0 spiro atoms. The summed E-state index contributed by atoms with van der Waals surface area (Å²) in [5.74, 6) is 0.681. The van der Waals surface area contributed by atoms with Crippen molar-refractivity contribution < 1.29 is 13.2 Å². The Kier molecular flexibility index (Phi) is 3.25. The summed E-state index contributed by atoms with van der Waals surface area (Å²) in [5.41, 5.74) is -0.133. The fraction of sp³-hybridized carbons (Fsp3) is 0.500. The van der Waals surface area contributed by atoms with Crippen LogP contribution >= 0.6 is 11.6 Å². The molecule has 1 aliphatic carbocycles. The zero-order valence-corrected chi connectivity index (χ0v) is 10.1. The van der Waals surface area contributed by atoms with Gasteiger partial charge >= 0.3 is 6.18 Å². The summed E-state index contributed by atoms with van der Waals surface area (Å²) in [5, 5.41) is 3.28. The van der Waals surface area contributed by atoms with E-state index in [1.165, 1.54) is 6.07 Å². The molecular formula is C12H13ClF3N. The highest BCUT2D eigenvalue weighted by molar-refractivity contribution is 6.33. The van der Waals surface area contributed by atoms with Gasteiger partial charge in [-0.3, -0.25) is 0 Å². The number of hydrogen-bond donors (Lipinski definition) is 1. The lowest BCUT2D eigenvalue weighted by Gasteiger charge is -2.34. The van der Waals surface area contributed by atoms with Crippen molar-refractivity contribution in [3.8, 4) is 0 Å². The van der Waals surface area contributed by atoms with Crippen molar-refractivity contribution in [3.05, 3.63) is 28.8 Å². The molecule has 0 unspecified atom stereocenters. The Morgan fingerprint density at radius 2 is 1.94 bits per heavy atom. The highest BCUT2D eigenvalue weighted by Gasteiger charge is 2.31. The Labute approximate surface area is 103 Å². The predicted molar refractivity (Wildman–Crippen MR) is 62.3 cm³/mol. The minimum Gasteiger partial charge on any atom is -0.381 e. The molecule has 1 aliphatic rings. The zero-order chi connectivity index (χ0) is 12.6. The summed E-state index contributed by atoms with van der Waals surface area (Å²) in [4.78, 5) is 0. The number of benzene rings is 1. The van der Waals surface area contributed by atoms with E-state index < -0.39 is 11.7 Å². The summed E-state index contributed by atoms with van der Waals surface area (Å²) in [6.07, 6.45) is -2.26. The topological polar surface area (TPSA) is 12.0 Å². The van der Waals surface area contributed by atoms with Crippen LogP contribution < -0.4 is 5.32 Å². The van der Waals surface area contributed by atoms with E-state index in [9.17, 15) is 13.2 Å². The van der Waals surface area contributed by atoms with Gasteiger partial charge in [0.15, 0.2) is 0 Å². The van der Waals surface area contributed by atoms with E-state index in [4.69, 9.17) is 11.6 Å². The smallest absolute Gasteiger partial charge is 0.381 e. The minimum absolute atomic E-state index is 0.124. The summed E-state index contributed by atoms with van der Waals surface area (Å²) < 4.78 is 37.2. The Morgan fingerprint density at radius 3 is 2.41 bits per heavy atom. The Bertz CT molecular complexity index is 411. The van der Waals surface area contributed by atoms with Crippen LogP contribution in [0.4, 0.5) is 18.9 Å². The van der Waals surface area contributed by atoms with Gasteiger partial charge in [0.1, 0.15) is 0 Å². The Hall–Kier alpha value is -0.900. The van der Waals surface area contributed by atoms with Crippen LogP contribution in [0.2, 0.25) is 5.02 Å². The SMILES string of the molecule is CC1CC(Nc2ccc(C(F)(F)F)cc2Cl)C1. The van der Waals surface area contributed by atoms with Crippen molar-refractivity contribution >= 4 is 17.3 Å². The fourth-order valence-electron chi connectivity index (χ4n) is 2.05. The van der Waals surface area contributed by atoms with Crippen molar-refractivity contribution in [2.75, 3.05) is 5.32 Å². The van der Waals surface area contributed by atoms with Crippen LogP contribution in [0.5, 0.6) is 0 Å². The van der Waals surface area contributed by atoms with Gasteiger partial charge in [0.2, 0.25) is 0 Å². The lowest BCUT2D eigenvalue weighted by atomic mass is 9.82. The van der Waals surface area contributed by atoms with Crippen molar-refractivity contribution in [3.63, 3.8) is 0 Å². The van der Waals surface area contributed by atoms with Gasteiger partial charge in [-0.05, 0) is 37.0 Å². The lowest BCUT2D eigenvalue weighted by molar-refractivity contribution is -0.137. The maximum Gasteiger partial charge on any atom is 0.416 e. The average molecular weight is 264 g/mol. The van der Waals surface area contributed by atoms with Crippen molar-refractivity contribution in [2.24, 2.45) is 5.92 Å². The maximum atomic E-state index is 12.4. The predicted octanol–water partition coefficient (Wildman–Crippen LogP) is 4.57. The van der Waals surface area contributed by atoms with Crippen molar-refractivity contribution in [1.82, 2.24) is 0 Å². The van der Waals surface area contributed by atoms with Crippen LogP contribution in [0.15, 0.2) is 18.2 Å². The van der Waals surface area contributed by atoms with E-state index in [1.54, 1.807) is 0 Å². The molecule has 1 aromatic carbocycles. The van der Waals surface area contributed by atoms with Crippen molar-refractivity contribution in [1.29, 1.82) is 0 Å². The number of rotatable bonds is 2. The Balaban J connectivity index is 2.09. The number of alkyl halides is 3. The summed E-state index contributed by atoms with van der Waals surface area (Å²) in [6, 6.07) is 3.75. The molecule has 1 fully saturated rings. The minimum atomic E-state index is -4.34. The molecular weight excluding hydrogens is 251 g/mol. The largest absolute Gasteiger partial charge is 0.416 e. The second-order valence-electron chi connectivity index (χ2n) is 4.61. The summed E-state index contributed by atoms with van der Waals surface area (Å²) >= 11 is 5.83. The zero-order valence-electron chi connectivity index (χ0n) is 9.31. The van der Waals surface area contributed by atoms with Gasteiger partial charge in [0.25, 0.3) is 0 Å². The maximum absolute atomic E-state index is 12.4. The molecule has 1 aromatic rings. The molecule has 0 aromatic heterocycles. The number of halogens is 4. The van der Waals surface area contributed by atoms with Gasteiger partial charge in [-0.25, -0.2) is 0 Å². The van der Waals surface area contributed by atoms with Gasteiger partial charge in [-0.1, -0.05) is 18.5 Å². The van der Waals surface area contributed by atoms with Crippen LogP contribution in [0.3, 0.4) is 0 Å². The van der Waals surface area contributed by atoms with E-state index in [0.717, 1.165) is 25.0 Å². The monoisotopic (exact) mass is 263 g/mol. The molecule has 0 radical (unpaired) electrons. The first kappa shape index (κ1) is 12.6. The van der Waals surface area contributed by atoms with Gasteiger partial charge in [-0.2, -0.15) is 13.2 Å². The Morgan fingerprint density at radius 1 is 1.29 bits per heavy atom. The van der Waals surface area contributed by atoms with Gasteiger partial charge in [0, 0.05) is 6.04 Å². The lowest BCUT2D eigenvalue weighted by Crippen LogP contribution is -2.33. The van der Waals surface area contributed by atoms with E-state index in [2.05, 4.69) is 12.2 Å². The van der Waals surface area contributed by atoms with Crippen molar-refractivity contribution in [2.45, 2.75) is 32.0 Å². The van der Waals surface area contributed by atoms with E-state index in [1.807, 2.05) is 0 Å². The molecule has 1 saturated carbocycles. The molecule has 0 atom stereocenters. The highest BCUT2D eigenvalue weighted by Crippen LogP contribution is 2.36. The van der Waals surface area contributed by atoms with Crippen LogP contribution in [-0.4, -0.2) is 6.04 Å². The first-order chi connectivity index (χ1) is 7.86. The normalized spacial score (nSPS) is 24.3. The third-order valence-electron chi connectivity index (χ3n) is 3.03. The van der Waals surface area contributed by atoms with Gasteiger partial charge in [-0.15, -0.1) is 0 Å². The molecule has 0 aliphatic heterocycles. The molecule has 5 heteroatoms. The second-order valence-corrected chi connectivity index (χ2v) is 5.02. The molecule has 1 N–H and O–H groups in total. The molecule has 1 nitrogen and oxygen atoms in total. The summed E-state index contributed by atoms with van der Waals surface area (Å²) in [6.45, 7) is 2.15.